The molecule has 0 radical (unpaired) electrons. The highest BCUT2D eigenvalue weighted by molar-refractivity contribution is 5.77. The first-order chi connectivity index (χ1) is 6.49. The average Bonchev–Trinajstić information content (AvgIpc) is 2.43. The molecule has 0 aliphatic carbocycles. The Kier molecular flexibility index (Phi) is 3.40. The number of ether oxygens (including phenoxy) is 1. The largest absolute Gasteiger partial charge is 0.455 e. The van der Waals surface area contributed by atoms with Gasteiger partial charge in [-0.05, 0) is 0 Å². The third-order valence-electron chi connectivity index (χ3n) is 2.07. The lowest BCUT2D eigenvalue weighted by atomic mass is 10.0. The fourth-order valence-corrected chi connectivity index (χ4v) is 1.19. The van der Waals surface area contributed by atoms with Crippen molar-refractivity contribution in [2.75, 3.05) is 6.61 Å². The molecule has 0 spiro atoms. The van der Waals surface area contributed by atoms with Crippen LogP contribution in [0.1, 0.15) is 0 Å². The second-order valence-corrected chi connectivity index (χ2v) is 3.08. The fraction of sp³-hybridized carbons (Fsp3) is 0.857. The van der Waals surface area contributed by atoms with Gasteiger partial charge in [-0.1, -0.05) is 0 Å². The summed E-state index contributed by atoms with van der Waals surface area (Å²) in [5.41, 5.74) is 0. The van der Waals surface area contributed by atoms with Gasteiger partial charge in [0.15, 0.2) is 12.2 Å². The zero-order valence-electron chi connectivity index (χ0n) is 7.15. The lowest BCUT2D eigenvalue weighted by molar-refractivity contribution is -0.155. The summed E-state index contributed by atoms with van der Waals surface area (Å²) in [6, 6.07) is 0. The Bertz CT molecular complexity index is 218. The van der Waals surface area contributed by atoms with E-state index in [-0.39, 0.29) is 0 Å². The second-order valence-electron chi connectivity index (χ2n) is 3.08. The summed E-state index contributed by atoms with van der Waals surface area (Å²) in [4.78, 5) is 10.7. The standard InChI is InChI=1S/C7H12O7/c8-1-2(9)3(10)6-4(11)5(12)7(13)14-6/h2-6,8-12H,1H2/t2-,3+,4-,5+,6-/m0/s1. The molecule has 1 rings (SSSR count). The van der Waals surface area contributed by atoms with E-state index in [2.05, 4.69) is 4.74 Å². The molecule has 7 heteroatoms. The zero-order valence-corrected chi connectivity index (χ0v) is 7.15. The van der Waals surface area contributed by atoms with Gasteiger partial charge in [-0.15, -0.1) is 0 Å². The highest BCUT2D eigenvalue weighted by Gasteiger charge is 2.47. The van der Waals surface area contributed by atoms with Crippen molar-refractivity contribution in [1.82, 2.24) is 0 Å². The van der Waals surface area contributed by atoms with E-state index in [9.17, 15) is 15.0 Å². The quantitative estimate of drug-likeness (QED) is 0.302. The zero-order chi connectivity index (χ0) is 10.9. The SMILES string of the molecule is O=C1O[C@@H]([C@H](O)[C@@H](O)CO)[C@@H](O)[C@H]1O. The maximum Gasteiger partial charge on any atom is 0.338 e. The van der Waals surface area contributed by atoms with Gasteiger partial charge in [0.1, 0.15) is 18.3 Å². The van der Waals surface area contributed by atoms with Crippen molar-refractivity contribution in [3.05, 3.63) is 0 Å². The highest BCUT2D eigenvalue weighted by atomic mass is 16.6. The number of cyclic esters (lactones) is 1. The van der Waals surface area contributed by atoms with Gasteiger partial charge < -0.3 is 30.3 Å². The van der Waals surface area contributed by atoms with Crippen LogP contribution in [0.15, 0.2) is 0 Å². The minimum atomic E-state index is -1.72. The van der Waals surface area contributed by atoms with E-state index in [1.54, 1.807) is 0 Å². The molecule has 7 nitrogen and oxygen atoms in total. The normalized spacial score (nSPS) is 36.6. The van der Waals surface area contributed by atoms with Crippen molar-refractivity contribution in [3.8, 4) is 0 Å². The maximum atomic E-state index is 10.7. The molecule has 0 aromatic rings. The molecule has 5 N–H and O–H groups in total. The van der Waals surface area contributed by atoms with Gasteiger partial charge in [0.2, 0.25) is 0 Å². The number of rotatable bonds is 3. The Balaban J connectivity index is 2.66. The van der Waals surface area contributed by atoms with Crippen LogP contribution in [-0.2, 0) is 9.53 Å². The minimum absolute atomic E-state index is 0.738. The van der Waals surface area contributed by atoms with Gasteiger partial charge in [0, 0.05) is 0 Å². The van der Waals surface area contributed by atoms with Gasteiger partial charge in [0.05, 0.1) is 6.61 Å². The number of hydrogen-bond acceptors (Lipinski definition) is 7. The number of aliphatic hydroxyl groups is 5. The van der Waals surface area contributed by atoms with Crippen LogP contribution >= 0.6 is 0 Å². The van der Waals surface area contributed by atoms with Crippen molar-refractivity contribution in [3.63, 3.8) is 0 Å². The summed E-state index contributed by atoms with van der Waals surface area (Å²) in [6.45, 7) is -0.738. The molecule has 5 atom stereocenters. The summed E-state index contributed by atoms with van der Waals surface area (Å²) >= 11 is 0. The predicted molar refractivity (Wildman–Crippen MR) is 41.0 cm³/mol. The molecule has 0 unspecified atom stereocenters. The molecule has 82 valence electrons. The van der Waals surface area contributed by atoms with Crippen molar-refractivity contribution in [2.24, 2.45) is 0 Å². The Hall–Kier alpha value is -0.730. The third-order valence-corrected chi connectivity index (χ3v) is 2.07. The highest BCUT2D eigenvalue weighted by Crippen LogP contribution is 2.20. The van der Waals surface area contributed by atoms with Crippen LogP contribution in [0.25, 0.3) is 0 Å². The monoisotopic (exact) mass is 208 g/mol. The van der Waals surface area contributed by atoms with Crippen LogP contribution in [0, 0.1) is 0 Å². The van der Waals surface area contributed by atoms with Crippen LogP contribution in [0.4, 0.5) is 0 Å². The molecule has 0 bridgehead atoms. The summed E-state index contributed by atoms with van der Waals surface area (Å²) in [5.74, 6) is -1.06. The first-order valence-corrected chi connectivity index (χ1v) is 4.02. The number of hydrogen-bond donors (Lipinski definition) is 5. The number of carbonyl (C=O) groups is 1. The molecular formula is C7H12O7. The van der Waals surface area contributed by atoms with E-state index in [4.69, 9.17) is 15.3 Å². The first-order valence-electron chi connectivity index (χ1n) is 4.02. The summed E-state index contributed by atoms with van der Waals surface area (Å²) in [5, 5.41) is 44.9. The van der Waals surface area contributed by atoms with Crippen LogP contribution < -0.4 is 0 Å². The average molecular weight is 208 g/mol. The second kappa shape index (κ2) is 4.20. The van der Waals surface area contributed by atoms with E-state index in [0.717, 1.165) is 0 Å². The van der Waals surface area contributed by atoms with E-state index >= 15 is 0 Å². The molecule has 0 aromatic heterocycles. The van der Waals surface area contributed by atoms with Gasteiger partial charge in [-0.25, -0.2) is 4.79 Å². The fourth-order valence-electron chi connectivity index (χ4n) is 1.19. The maximum absolute atomic E-state index is 10.7. The molecule has 1 saturated heterocycles. The van der Waals surface area contributed by atoms with E-state index in [1.165, 1.54) is 0 Å². The summed E-state index contributed by atoms with van der Waals surface area (Å²) < 4.78 is 4.41. The number of esters is 1. The van der Waals surface area contributed by atoms with E-state index < -0.39 is 43.1 Å². The van der Waals surface area contributed by atoms with Crippen LogP contribution in [0.5, 0.6) is 0 Å². The van der Waals surface area contributed by atoms with Crippen LogP contribution in [0.2, 0.25) is 0 Å². The van der Waals surface area contributed by atoms with Gasteiger partial charge in [-0.3, -0.25) is 0 Å². The predicted octanol–water partition coefficient (Wildman–Crippen LogP) is -3.65. The number of carbonyl (C=O) groups excluding carboxylic acids is 1. The smallest absolute Gasteiger partial charge is 0.338 e. The van der Waals surface area contributed by atoms with Crippen molar-refractivity contribution < 1.29 is 35.1 Å². The molecular weight excluding hydrogens is 196 g/mol. The third kappa shape index (κ3) is 1.86. The number of aliphatic hydroxyl groups excluding tert-OH is 5. The van der Waals surface area contributed by atoms with Gasteiger partial charge in [0.25, 0.3) is 0 Å². The molecule has 1 fully saturated rings. The van der Waals surface area contributed by atoms with E-state index in [1.807, 2.05) is 0 Å². The molecule has 1 aliphatic heterocycles. The summed E-state index contributed by atoms with van der Waals surface area (Å²) in [6.07, 6.45) is -7.90. The Labute approximate surface area is 79.2 Å². The first kappa shape index (κ1) is 11.3. The Morgan fingerprint density at radius 2 is 1.93 bits per heavy atom. The van der Waals surface area contributed by atoms with E-state index in [0.29, 0.717) is 0 Å². The van der Waals surface area contributed by atoms with Crippen LogP contribution in [-0.4, -0.2) is 68.6 Å². The molecule has 1 heterocycles. The molecule has 1 aliphatic rings. The molecule has 0 saturated carbocycles. The summed E-state index contributed by atoms with van der Waals surface area (Å²) in [7, 11) is 0. The van der Waals surface area contributed by atoms with Gasteiger partial charge >= 0.3 is 5.97 Å². The molecule has 0 aromatic carbocycles. The van der Waals surface area contributed by atoms with Crippen LogP contribution in [0.3, 0.4) is 0 Å². The lowest BCUT2D eigenvalue weighted by Crippen LogP contribution is -2.46. The Morgan fingerprint density at radius 3 is 2.29 bits per heavy atom. The minimum Gasteiger partial charge on any atom is -0.455 e. The van der Waals surface area contributed by atoms with Crippen molar-refractivity contribution >= 4 is 5.97 Å². The topological polar surface area (TPSA) is 127 Å². The molecule has 14 heavy (non-hydrogen) atoms. The molecule has 0 amide bonds. The van der Waals surface area contributed by atoms with Gasteiger partial charge in [-0.2, -0.15) is 0 Å². The Morgan fingerprint density at radius 1 is 1.36 bits per heavy atom. The van der Waals surface area contributed by atoms with Crippen molar-refractivity contribution in [2.45, 2.75) is 30.5 Å². The van der Waals surface area contributed by atoms with Crippen molar-refractivity contribution in [1.29, 1.82) is 0 Å². The lowest BCUT2D eigenvalue weighted by Gasteiger charge is -2.23.